The number of carbonyl (C=O) groups excluding carboxylic acids is 1. The third-order valence-corrected chi connectivity index (χ3v) is 8.97. The van der Waals surface area contributed by atoms with Crippen LogP contribution in [0.2, 0.25) is 0 Å². The van der Waals surface area contributed by atoms with Crippen LogP contribution in [0, 0.1) is 6.92 Å². The molecule has 0 spiro atoms. The second-order valence-corrected chi connectivity index (χ2v) is 11.9. The fourth-order valence-corrected chi connectivity index (χ4v) is 6.89. The second-order valence-electron chi connectivity index (χ2n) is 8.34. The van der Waals surface area contributed by atoms with Gasteiger partial charge in [0.15, 0.2) is 6.29 Å². The van der Waals surface area contributed by atoms with Crippen molar-refractivity contribution in [3.8, 4) is 0 Å². The van der Waals surface area contributed by atoms with Gasteiger partial charge in [-0.3, -0.25) is 4.79 Å². The summed E-state index contributed by atoms with van der Waals surface area (Å²) in [5.41, 5.74) is 4.87. The first-order valence-electron chi connectivity index (χ1n) is 11.6. The highest BCUT2D eigenvalue weighted by Crippen LogP contribution is 2.35. The predicted octanol–water partition coefficient (Wildman–Crippen LogP) is 6.33. The molecule has 0 fully saturated rings. The fourth-order valence-electron chi connectivity index (χ4n) is 3.94. The zero-order valence-corrected chi connectivity index (χ0v) is 23.3. The number of nitrogens with zero attached hydrogens (tertiary/aromatic N) is 1. The second kappa shape index (κ2) is 12.7. The first kappa shape index (κ1) is 26.6. The number of ether oxygens (including phenoxy) is 2. The Labute approximate surface area is 224 Å². The van der Waals surface area contributed by atoms with Gasteiger partial charge in [0.25, 0.3) is 5.91 Å². The molecule has 0 aliphatic rings. The molecule has 4 aromatic rings. The summed E-state index contributed by atoms with van der Waals surface area (Å²) in [6.45, 7) is 2.49. The van der Waals surface area contributed by atoms with Gasteiger partial charge >= 0.3 is 0 Å². The molecule has 2 aromatic heterocycles. The maximum absolute atomic E-state index is 13.2. The number of methoxy groups -OCH3 is 2. The first-order valence-corrected chi connectivity index (χ1v) is 14.3. The smallest absolute Gasteiger partial charge is 0.267 e. The maximum Gasteiger partial charge on any atom is 0.267 e. The lowest BCUT2D eigenvalue weighted by Crippen LogP contribution is -2.39. The van der Waals surface area contributed by atoms with Crippen LogP contribution >= 0.6 is 35.0 Å². The molecule has 0 aliphatic carbocycles. The lowest BCUT2D eigenvalue weighted by Gasteiger charge is -2.24. The van der Waals surface area contributed by atoms with E-state index in [0.29, 0.717) is 12.2 Å². The van der Waals surface area contributed by atoms with Gasteiger partial charge in [-0.15, -0.1) is 23.1 Å². The summed E-state index contributed by atoms with van der Waals surface area (Å²) in [5.74, 6) is 0.646. The third-order valence-electron chi connectivity index (χ3n) is 5.70. The van der Waals surface area contributed by atoms with E-state index in [-0.39, 0.29) is 11.2 Å². The van der Waals surface area contributed by atoms with E-state index in [2.05, 4.69) is 57.2 Å². The van der Waals surface area contributed by atoms with E-state index in [1.165, 1.54) is 9.77 Å². The molecule has 1 unspecified atom stereocenters. The number of aromatic amines is 1. The minimum absolute atomic E-state index is 0.0698. The molecule has 0 saturated heterocycles. The Morgan fingerprint density at radius 3 is 2.58 bits per heavy atom. The van der Waals surface area contributed by atoms with Gasteiger partial charge in [-0.1, -0.05) is 36.4 Å². The number of H-pyrrole nitrogens is 1. The summed E-state index contributed by atoms with van der Waals surface area (Å²) in [5, 5.41) is 6.09. The molecule has 36 heavy (non-hydrogen) atoms. The van der Waals surface area contributed by atoms with Crippen molar-refractivity contribution in [3.63, 3.8) is 0 Å². The number of rotatable bonds is 12. The molecule has 0 aliphatic heterocycles. The Bertz CT molecular complexity index is 1260. The molecule has 0 radical (unpaired) electrons. The Kier molecular flexibility index (Phi) is 9.39. The van der Waals surface area contributed by atoms with Crippen LogP contribution in [0.5, 0.6) is 0 Å². The number of hydrogen-bond donors (Lipinski definition) is 2. The highest BCUT2D eigenvalue weighted by molar-refractivity contribution is 8.02. The molecule has 0 saturated carbocycles. The largest absolute Gasteiger partial charge is 0.355 e. The first-order chi connectivity index (χ1) is 17.5. The van der Waals surface area contributed by atoms with Crippen LogP contribution in [-0.4, -0.2) is 50.2 Å². The summed E-state index contributed by atoms with van der Waals surface area (Å²) in [6.07, 6.45) is -0.432. The summed E-state index contributed by atoms with van der Waals surface area (Å²) in [4.78, 5) is 16.5. The number of amides is 1. The van der Waals surface area contributed by atoms with E-state index in [9.17, 15) is 4.79 Å². The lowest BCUT2D eigenvalue weighted by atomic mass is 10.1. The molecule has 9 heteroatoms. The molecule has 1 amide bonds. The van der Waals surface area contributed by atoms with E-state index in [4.69, 9.17) is 9.47 Å². The van der Waals surface area contributed by atoms with Crippen molar-refractivity contribution in [2.45, 2.75) is 28.4 Å². The third kappa shape index (κ3) is 6.66. The molecule has 190 valence electrons. The average Bonchev–Trinajstić information content (AvgIpc) is 3.55. The molecule has 2 N–H and O–H groups in total. The van der Waals surface area contributed by atoms with Crippen LogP contribution in [-0.2, 0) is 15.2 Å². The summed E-state index contributed by atoms with van der Waals surface area (Å²) < 4.78 is 14.4. The van der Waals surface area contributed by atoms with Gasteiger partial charge in [-0.05, 0) is 59.6 Å². The zero-order valence-electron chi connectivity index (χ0n) is 20.8. The minimum Gasteiger partial charge on any atom is -0.355 e. The highest BCUT2D eigenvalue weighted by atomic mass is 32.2. The predicted molar refractivity (Wildman–Crippen MR) is 153 cm³/mol. The Morgan fingerprint density at radius 2 is 1.89 bits per heavy atom. The lowest BCUT2D eigenvalue weighted by molar-refractivity contribution is -0.101. The van der Waals surface area contributed by atoms with Crippen LogP contribution in [0.4, 0.5) is 5.69 Å². The number of hydrogen-bond acceptors (Lipinski definition) is 7. The van der Waals surface area contributed by atoms with Crippen LogP contribution in [0.1, 0.15) is 21.6 Å². The van der Waals surface area contributed by atoms with E-state index < -0.39 is 6.29 Å². The molecular formula is C27H31N3O3S3. The average molecular weight is 542 g/mol. The van der Waals surface area contributed by atoms with E-state index in [1.54, 1.807) is 49.3 Å². The van der Waals surface area contributed by atoms with Crippen molar-refractivity contribution >= 4 is 57.5 Å². The minimum atomic E-state index is -0.432. The maximum atomic E-state index is 13.2. The Balaban J connectivity index is 1.48. The highest BCUT2D eigenvalue weighted by Gasteiger charge is 2.23. The van der Waals surface area contributed by atoms with Crippen LogP contribution in [0.25, 0.3) is 10.9 Å². The number of thiophene rings is 1. The molecule has 4 rings (SSSR count). The number of aromatic nitrogens is 1. The topological polar surface area (TPSA) is 66.6 Å². The number of carbonyl (C=O) groups is 1. The quantitative estimate of drug-likeness (QED) is 0.161. The van der Waals surface area contributed by atoms with Crippen LogP contribution in [0.3, 0.4) is 0 Å². The van der Waals surface area contributed by atoms with Crippen LogP contribution < -0.4 is 9.62 Å². The van der Waals surface area contributed by atoms with Gasteiger partial charge in [0, 0.05) is 39.0 Å². The number of aryl methyl sites for hydroxylation is 1. The van der Waals surface area contributed by atoms with Gasteiger partial charge in [0.2, 0.25) is 0 Å². The number of fused-ring (bicyclic) bond motifs is 1. The molecule has 6 nitrogen and oxygen atoms in total. The Morgan fingerprint density at radius 1 is 1.11 bits per heavy atom. The zero-order chi connectivity index (χ0) is 25.5. The van der Waals surface area contributed by atoms with E-state index in [1.807, 2.05) is 37.4 Å². The van der Waals surface area contributed by atoms with Crippen molar-refractivity contribution < 1.29 is 14.3 Å². The summed E-state index contributed by atoms with van der Waals surface area (Å²) >= 11 is 5.08. The molecule has 0 bridgehead atoms. The molecule has 2 aromatic carbocycles. The van der Waals surface area contributed by atoms with Crippen LogP contribution in [0.15, 0.2) is 70.3 Å². The van der Waals surface area contributed by atoms with Gasteiger partial charge in [0.05, 0.1) is 20.7 Å². The molecule has 2 heterocycles. The number of nitrogens with one attached hydrogen (secondary N) is 2. The van der Waals surface area contributed by atoms with Crippen molar-refractivity contribution in [1.82, 2.24) is 10.3 Å². The molecule has 1 atom stereocenters. The van der Waals surface area contributed by atoms with E-state index in [0.717, 1.165) is 27.9 Å². The summed E-state index contributed by atoms with van der Waals surface area (Å²) in [6, 6.07) is 20.5. The fraction of sp³-hybridized carbons (Fsp3) is 0.296. The van der Waals surface area contributed by atoms with Gasteiger partial charge in [0.1, 0.15) is 5.69 Å². The monoisotopic (exact) mass is 541 g/mol. The number of anilines is 1. The van der Waals surface area contributed by atoms with E-state index >= 15 is 0 Å². The van der Waals surface area contributed by atoms with Gasteiger partial charge in [-0.25, -0.2) is 0 Å². The standard InChI is InChI=1S/C27H31N3O3S3/c1-18-13-20-15-21(29-25(20)22(14-18)30(2)36-24-11-8-12-34-24)26(31)28-16-23(27(32-3)33-4)35-17-19-9-6-5-7-10-19/h5-15,23,27,29H,16-17H2,1-4H3,(H,28,31). The van der Waals surface area contributed by atoms with Crippen molar-refractivity contribution in [3.05, 3.63) is 82.9 Å². The number of thioether (sulfide) groups is 1. The number of benzene rings is 2. The molecular weight excluding hydrogens is 511 g/mol. The normalized spacial score (nSPS) is 12.2. The SMILES string of the molecule is COC(OC)C(CNC(=O)c1cc2cc(C)cc(N(C)Sc3cccs3)c2[nH]1)SCc1ccccc1. The van der Waals surface area contributed by atoms with Gasteiger partial charge in [-0.2, -0.15) is 0 Å². The van der Waals surface area contributed by atoms with Gasteiger partial charge < -0.3 is 24.1 Å². The Hall–Kier alpha value is -2.43. The summed E-state index contributed by atoms with van der Waals surface area (Å²) in [7, 11) is 5.29. The van der Waals surface area contributed by atoms with Crippen molar-refractivity contribution in [1.29, 1.82) is 0 Å². The van der Waals surface area contributed by atoms with Crippen molar-refractivity contribution in [2.24, 2.45) is 0 Å². The van der Waals surface area contributed by atoms with Crippen molar-refractivity contribution in [2.75, 3.05) is 32.1 Å².